The van der Waals surface area contributed by atoms with Crippen LogP contribution in [-0.4, -0.2) is 38.7 Å². The molecule has 0 saturated carbocycles. The number of nitrogens with zero attached hydrogens (tertiary/aromatic N) is 1. The first kappa shape index (κ1) is 14.6. The van der Waals surface area contributed by atoms with E-state index < -0.39 is 5.60 Å². The van der Waals surface area contributed by atoms with E-state index in [0.29, 0.717) is 6.54 Å². The van der Waals surface area contributed by atoms with Gasteiger partial charge in [-0.1, -0.05) is 12.1 Å². The number of benzene rings is 1. The van der Waals surface area contributed by atoms with Crippen molar-refractivity contribution in [2.45, 2.75) is 18.1 Å². The number of thioether (sulfide) groups is 1. The Morgan fingerprint density at radius 1 is 1.43 bits per heavy atom. The molecule has 1 saturated heterocycles. The van der Waals surface area contributed by atoms with Crippen LogP contribution in [0.1, 0.15) is 23.9 Å². The third-order valence-corrected chi connectivity index (χ3v) is 4.95. The largest absolute Gasteiger partial charge is 0.388 e. The number of aromatic amines is 1. The predicted octanol–water partition coefficient (Wildman–Crippen LogP) is 2.10. The van der Waals surface area contributed by atoms with Crippen LogP contribution in [-0.2, 0) is 0 Å². The number of nitrogens with one attached hydrogen (secondary N) is 2. The number of halogens is 1. The zero-order chi connectivity index (χ0) is 14.7. The quantitative estimate of drug-likeness (QED) is 0.792. The van der Waals surface area contributed by atoms with Crippen molar-refractivity contribution in [2.24, 2.45) is 0 Å². The van der Waals surface area contributed by atoms with E-state index in [0.717, 1.165) is 29.3 Å². The Hall–Kier alpha value is -1.37. The first-order valence-electron chi connectivity index (χ1n) is 6.95. The SMILES string of the molecule is O[C@@]1(CN[C@@H](c2ccc(F)cc2)c2ncc[nH]2)CCSC1. The van der Waals surface area contributed by atoms with Crippen LogP contribution in [0.25, 0.3) is 0 Å². The molecule has 0 unspecified atom stereocenters. The second-order valence-corrected chi connectivity index (χ2v) is 6.47. The van der Waals surface area contributed by atoms with Gasteiger partial charge in [0.25, 0.3) is 0 Å². The number of imidazole rings is 1. The van der Waals surface area contributed by atoms with Gasteiger partial charge in [0.1, 0.15) is 11.6 Å². The number of aromatic nitrogens is 2. The van der Waals surface area contributed by atoms with Gasteiger partial charge in [-0.15, -0.1) is 0 Å². The third kappa shape index (κ3) is 3.45. The number of hydrogen-bond donors (Lipinski definition) is 3. The summed E-state index contributed by atoms with van der Waals surface area (Å²) in [5.74, 6) is 2.23. The van der Waals surface area contributed by atoms with Gasteiger partial charge >= 0.3 is 0 Å². The second-order valence-electron chi connectivity index (χ2n) is 5.37. The Kier molecular flexibility index (Phi) is 4.28. The van der Waals surface area contributed by atoms with Gasteiger partial charge in [-0.3, -0.25) is 0 Å². The molecule has 112 valence electrons. The summed E-state index contributed by atoms with van der Waals surface area (Å²) in [6, 6.07) is 6.17. The van der Waals surface area contributed by atoms with Crippen LogP contribution in [0.15, 0.2) is 36.7 Å². The summed E-state index contributed by atoms with van der Waals surface area (Å²) in [6.45, 7) is 0.489. The van der Waals surface area contributed by atoms with Crippen molar-refractivity contribution in [1.29, 1.82) is 0 Å². The molecule has 0 amide bonds. The Balaban J connectivity index is 1.78. The fraction of sp³-hybridized carbons (Fsp3) is 0.400. The van der Waals surface area contributed by atoms with Gasteiger partial charge in [-0.25, -0.2) is 9.37 Å². The summed E-state index contributed by atoms with van der Waals surface area (Å²) in [6.07, 6.45) is 4.24. The second kappa shape index (κ2) is 6.17. The molecule has 1 fully saturated rings. The molecule has 0 aliphatic carbocycles. The van der Waals surface area contributed by atoms with E-state index in [4.69, 9.17) is 0 Å². The fourth-order valence-corrected chi connectivity index (χ4v) is 3.79. The van der Waals surface area contributed by atoms with Crippen molar-refractivity contribution < 1.29 is 9.50 Å². The molecule has 0 bridgehead atoms. The van der Waals surface area contributed by atoms with E-state index in [-0.39, 0.29) is 11.9 Å². The van der Waals surface area contributed by atoms with Crippen molar-refractivity contribution in [1.82, 2.24) is 15.3 Å². The maximum Gasteiger partial charge on any atom is 0.127 e. The van der Waals surface area contributed by atoms with Gasteiger partial charge in [0.05, 0.1) is 11.6 Å². The van der Waals surface area contributed by atoms with Crippen LogP contribution < -0.4 is 5.32 Å². The lowest BCUT2D eigenvalue weighted by atomic mass is 10.0. The van der Waals surface area contributed by atoms with Crippen molar-refractivity contribution in [3.63, 3.8) is 0 Å². The molecule has 6 heteroatoms. The summed E-state index contributed by atoms with van der Waals surface area (Å²) in [4.78, 5) is 7.37. The van der Waals surface area contributed by atoms with Crippen LogP contribution in [0.3, 0.4) is 0 Å². The normalized spacial score (nSPS) is 23.3. The highest BCUT2D eigenvalue weighted by molar-refractivity contribution is 7.99. The maximum absolute atomic E-state index is 13.1. The Labute approximate surface area is 127 Å². The first-order chi connectivity index (χ1) is 10.2. The fourth-order valence-electron chi connectivity index (χ4n) is 2.49. The molecule has 2 atom stereocenters. The highest BCUT2D eigenvalue weighted by Gasteiger charge is 2.32. The molecule has 0 radical (unpaired) electrons. The van der Waals surface area contributed by atoms with Gasteiger partial charge in [0.15, 0.2) is 0 Å². The highest BCUT2D eigenvalue weighted by Crippen LogP contribution is 2.28. The van der Waals surface area contributed by atoms with Crippen molar-refractivity contribution >= 4 is 11.8 Å². The van der Waals surface area contributed by atoms with Crippen molar-refractivity contribution in [3.05, 3.63) is 53.9 Å². The van der Waals surface area contributed by atoms with E-state index in [2.05, 4.69) is 15.3 Å². The lowest BCUT2D eigenvalue weighted by molar-refractivity contribution is 0.0656. The zero-order valence-electron chi connectivity index (χ0n) is 11.6. The molecule has 4 nitrogen and oxygen atoms in total. The Morgan fingerprint density at radius 3 is 2.86 bits per heavy atom. The van der Waals surface area contributed by atoms with Crippen LogP contribution in [0, 0.1) is 5.82 Å². The zero-order valence-corrected chi connectivity index (χ0v) is 12.4. The van der Waals surface area contributed by atoms with Gasteiger partial charge in [0.2, 0.25) is 0 Å². The Bertz CT molecular complexity index is 567. The molecular formula is C15H18FN3OS. The van der Waals surface area contributed by atoms with E-state index in [9.17, 15) is 9.50 Å². The minimum absolute atomic E-state index is 0.185. The van der Waals surface area contributed by atoms with E-state index in [1.807, 2.05) is 0 Å². The highest BCUT2D eigenvalue weighted by atomic mass is 32.2. The summed E-state index contributed by atoms with van der Waals surface area (Å²) >= 11 is 1.76. The summed E-state index contributed by atoms with van der Waals surface area (Å²) in [5.41, 5.74) is 0.246. The minimum atomic E-state index is -0.671. The molecular weight excluding hydrogens is 289 g/mol. The summed E-state index contributed by atoms with van der Waals surface area (Å²) < 4.78 is 13.1. The van der Waals surface area contributed by atoms with Crippen molar-refractivity contribution in [2.75, 3.05) is 18.1 Å². The van der Waals surface area contributed by atoms with Crippen LogP contribution in [0.2, 0.25) is 0 Å². The monoisotopic (exact) mass is 307 g/mol. The lowest BCUT2D eigenvalue weighted by Gasteiger charge is -2.25. The maximum atomic E-state index is 13.1. The molecule has 21 heavy (non-hydrogen) atoms. The molecule has 2 aromatic rings. The molecule has 2 heterocycles. The molecule has 1 aromatic heterocycles. The summed E-state index contributed by atoms with van der Waals surface area (Å²) in [7, 11) is 0. The summed E-state index contributed by atoms with van der Waals surface area (Å²) in [5, 5.41) is 13.8. The minimum Gasteiger partial charge on any atom is -0.388 e. The first-order valence-corrected chi connectivity index (χ1v) is 8.10. The van der Waals surface area contributed by atoms with E-state index in [1.54, 1.807) is 36.3 Å². The smallest absolute Gasteiger partial charge is 0.127 e. The number of rotatable bonds is 5. The average Bonchev–Trinajstić information content (AvgIpc) is 3.13. The van der Waals surface area contributed by atoms with Gasteiger partial charge in [0, 0.05) is 24.7 Å². The van der Waals surface area contributed by atoms with Gasteiger partial charge < -0.3 is 15.4 Å². The third-order valence-electron chi connectivity index (χ3n) is 3.71. The molecule has 3 rings (SSSR count). The topological polar surface area (TPSA) is 60.9 Å². The number of aliphatic hydroxyl groups is 1. The lowest BCUT2D eigenvalue weighted by Crippen LogP contribution is -2.42. The van der Waals surface area contributed by atoms with Crippen LogP contribution in [0.4, 0.5) is 4.39 Å². The van der Waals surface area contributed by atoms with E-state index in [1.165, 1.54) is 12.1 Å². The van der Waals surface area contributed by atoms with E-state index >= 15 is 0 Å². The van der Waals surface area contributed by atoms with Gasteiger partial charge in [-0.2, -0.15) is 11.8 Å². The average molecular weight is 307 g/mol. The van der Waals surface area contributed by atoms with Crippen molar-refractivity contribution in [3.8, 4) is 0 Å². The molecule has 1 aromatic carbocycles. The van der Waals surface area contributed by atoms with Gasteiger partial charge in [-0.05, 0) is 29.9 Å². The molecule has 1 aliphatic rings. The predicted molar refractivity (Wildman–Crippen MR) is 81.7 cm³/mol. The standard InChI is InChI=1S/C15H18FN3OS/c16-12-3-1-11(2-4-12)13(14-17-6-7-18-14)19-9-15(20)5-8-21-10-15/h1-4,6-7,13,19-20H,5,8-10H2,(H,17,18)/t13-,15+/m0/s1. The molecule has 0 spiro atoms. The van der Waals surface area contributed by atoms with Crippen LogP contribution >= 0.6 is 11.8 Å². The number of H-pyrrole nitrogens is 1. The number of hydrogen-bond acceptors (Lipinski definition) is 4. The molecule has 1 aliphatic heterocycles. The van der Waals surface area contributed by atoms with Crippen LogP contribution in [0.5, 0.6) is 0 Å². The molecule has 3 N–H and O–H groups in total. The Morgan fingerprint density at radius 2 is 2.24 bits per heavy atom.